The van der Waals surface area contributed by atoms with Crippen molar-refractivity contribution in [2.45, 2.75) is 10.3 Å². The van der Waals surface area contributed by atoms with Crippen molar-refractivity contribution >= 4 is 34.6 Å². The monoisotopic (exact) mass is 364 g/mol. The summed E-state index contributed by atoms with van der Waals surface area (Å²) in [7, 11) is 2.82. The van der Waals surface area contributed by atoms with Crippen LogP contribution in [0.3, 0.4) is 0 Å². The number of rotatable bonds is 7. The second-order valence-corrected chi connectivity index (χ2v) is 6.40. The van der Waals surface area contributed by atoms with E-state index in [0.717, 1.165) is 4.90 Å². The first-order valence-electron chi connectivity index (χ1n) is 7.15. The normalized spacial score (nSPS) is 13.0. The minimum Gasteiger partial charge on any atom is -0.497 e. The predicted octanol–water partition coefficient (Wildman–Crippen LogP) is 3.66. The second kappa shape index (κ2) is 8.22. The zero-order valence-electron chi connectivity index (χ0n) is 13.3. The second-order valence-electron chi connectivity index (χ2n) is 5.00. The quantitative estimate of drug-likeness (QED) is 0.325. The predicted molar refractivity (Wildman–Crippen MR) is 94.7 cm³/mol. The first-order chi connectivity index (χ1) is 11.5. The molecule has 24 heavy (non-hydrogen) atoms. The molecule has 1 atom stereocenters. The summed E-state index contributed by atoms with van der Waals surface area (Å²) in [6.07, 6.45) is 0. The van der Waals surface area contributed by atoms with Gasteiger partial charge in [-0.2, -0.15) is 0 Å². The molecule has 0 aliphatic heterocycles. The molecule has 4 nitrogen and oxygen atoms in total. The van der Waals surface area contributed by atoms with Crippen molar-refractivity contribution in [1.29, 1.82) is 0 Å². The highest BCUT2D eigenvalue weighted by atomic mass is 35.5. The van der Waals surface area contributed by atoms with Crippen molar-refractivity contribution in [3.63, 3.8) is 0 Å². The van der Waals surface area contributed by atoms with Crippen molar-refractivity contribution in [2.24, 2.45) is 0 Å². The third kappa shape index (κ3) is 3.74. The third-order valence-electron chi connectivity index (χ3n) is 3.63. The van der Waals surface area contributed by atoms with Crippen LogP contribution in [0.1, 0.15) is 5.56 Å². The van der Waals surface area contributed by atoms with Gasteiger partial charge in [-0.05, 0) is 35.4 Å². The van der Waals surface area contributed by atoms with Crippen LogP contribution in [0.5, 0.6) is 5.75 Å². The summed E-state index contributed by atoms with van der Waals surface area (Å²) in [4.78, 5) is 25.6. The van der Waals surface area contributed by atoms with E-state index < -0.39 is 16.6 Å². The number of carbonyl (C=O) groups is 2. The minimum absolute atomic E-state index is 0.124. The van der Waals surface area contributed by atoms with E-state index in [4.69, 9.17) is 21.1 Å². The van der Waals surface area contributed by atoms with Crippen LogP contribution in [-0.2, 0) is 19.7 Å². The smallest absolute Gasteiger partial charge is 0.326 e. The molecule has 0 saturated carbocycles. The van der Waals surface area contributed by atoms with Crippen molar-refractivity contribution in [1.82, 2.24) is 0 Å². The molecule has 6 heteroatoms. The molecule has 126 valence electrons. The zero-order chi connectivity index (χ0) is 17.6. The van der Waals surface area contributed by atoms with Crippen LogP contribution >= 0.6 is 23.4 Å². The van der Waals surface area contributed by atoms with Crippen LogP contribution in [0.25, 0.3) is 0 Å². The molecule has 0 saturated heterocycles. The highest BCUT2D eigenvalue weighted by Gasteiger charge is 2.48. The number of carbonyl (C=O) groups excluding carboxylic acids is 2. The van der Waals surface area contributed by atoms with Gasteiger partial charge in [-0.3, -0.25) is 9.59 Å². The van der Waals surface area contributed by atoms with Gasteiger partial charge >= 0.3 is 5.97 Å². The van der Waals surface area contributed by atoms with E-state index >= 15 is 0 Å². The molecule has 0 heterocycles. The summed E-state index contributed by atoms with van der Waals surface area (Å²) in [5.74, 6) is 0.142. The highest BCUT2D eigenvalue weighted by Crippen LogP contribution is 2.36. The van der Waals surface area contributed by atoms with Gasteiger partial charge in [-0.25, -0.2) is 0 Å². The first kappa shape index (κ1) is 18.4. The number of thioether (sulfide) groups is 1. The van der Waals surface area contributed by atoms with E-state index in [1.807, 2.05) is 24.3 Å². The molecule has 2 rings (SSSR count). The summed E-state index contributed by atoms with van der Waals surface area (Å²) < 4.78 is 10.1. The van der Waals surface area contributed by atoms with Gasteiger partial charge in [-0.15, -0.1) is 11.8 Å². The third-order valence-corrected chi connectivity index (χ3v) is 5.12. The molecule has 0 fully saturated rings. The van der Waals surface area contributed by atoms with Crippen molar-refractivity contribution in [3.8, 4) is 5.75 Å². The Morgan fingerprint density at radius 3 is 2.38 bits per heavy atom. The zero-order valence-corrected chi connectivity index (χ0v) is 14.9. The summed E-state index contributed by atoms with van der Waals surface area (Å²) in [6, 6.07) is 16.1. The number of halogens is 1. The summed E-state index contributed by atoms with van der Waals surface area (Å²) >= 11 is 7.19. The molecule has 1 unspecified atom stereocenters. The van der Waals surface area contributed by atoms with Crippen LogP contribution in [0, 0.1) is 0 Å². The Labute approximate surface area is 150 Å². The number of esters is 1. The molecule has 0 radical (unpaired) electrons. The fourth-order valence-corrected chi connectivity index (χ4v) is 3.80. The average Bonchev–Trinajstić information content (AvgIpc) is 2.62. The minimum atomic E-state index is -1.56. The maximum Gasteiger partial charge on any atom is 0.326 e. The van der Waals surface area contributed by atoms with E-state index in [2.05, 4.69) is 0 Å². The van der Waals surface area contributed by atoms with Crippen molar-refractivity contribution in [2.75, 3.05) is 20.0 Å². The lowest BCUT2D eigenvalue weighted by atomic mass is 9.83. The largest absolute Gasteiger partial charge is 0.497 e. The Balaban J connectivity index is 2.39. The molecule has 2 aromatic rings. The molecule has 2 aromatic carbocycles. The van der Waals surface area contributed by atoms with Crippen LogP contribution in [-0.4, -0.2) is 31.2 Å². The van der Waals surface area contributed by atoms with E-state index in [0.29, 0.717) is 11.3 Å². The molecule has 0 aromatic heterocycles. The van der Waals surface area contributed by atoms with Gasteiger partial charge in [0, 0.05) is 10.6 Å². The molecular weight excluding hydrogens is 348 g/mol. The van der Waals surface area contributed by atoms with Crippen molar-refractivity contribution < 1.29 is 19.1 Å². The lowest BCUT2D eigenvalue weighted by Gasteiger charge is -2.27. The van der Waals surface area contributed by atoms with Crippen LogP contribution < -0.4 is 4.74 Å². The van der Waals surface area contributed by atoms with Gasteiger partial charge in [0.15, 0.2) is 5.41 Å². The van der Waals surface area contributed by atoms with E-state index in [-0.39, 0.29) is 5.75 Å². The Bertz CT molecular complexity index is 720. The lowest BCUT2D eigenvalue weighted by Crippen LogP contribution is -2.44. The van der Waals surface area contributed by atoms with Crippen LogP contribution in [0.2, 0.25) is 0 Å². The van der Waals surface area contributed by atoms with Crippen LogP contribution in [0.15, 0.2) is 59.5 Å². The maximum absolute atomic E-state index is 12.5. The van der Waals surface area contributed by atoms with E-state index in [1.54, 1.807) is 37.4 Å². The van der Waals surface area contributed by atoms with Gasteiger partial charge in [0.05, 0.1) is 14.2 Å². The molecular formula is C18H17ClO4S. The molecule has 0 aliphatic carbocycles. The fourth-order valence-electron chi connectivity index (χ4n) is 2.29. The van der Waals surface area contributed by atoms with E-state index in [9.17, 15) is 9.59 Å². The van der Waals surface area contributed by atoms with E-state index in [1.165, 1.54) is 18.9 Å². The summed E-state index contributed by atoms with van der Waals surface area (Å²) in [5.41, 5.74) is -1.06. The van der Waals surface area contributed by atoms with Gasteiger partial charge < -0.3 is 9.47 Å². The molecule has 0 aliphatic rings. The summed E-state index contributed by atoms with van der Waals surface area (Å²) in [6.45, 7) is 0. The molecule has 0 spiro atoms. The van der Waals surface area contributed by atoms with Crippen molar-refractivity contribution in [3.05, 3.63) is 60.2 Å². The first-order valence-corrected chi connectivity index (χ1v) is 8.51. The number of hydrogen-bond acceptors (Lipinski definition) is 5. The van der Waals surface area contributed by atoms with Gasteiger partial charge in [0.2, 0.25) is 5.24 Å². The SMILES string of the molecule is COC(=O)C(CSc1cccc(OC)c1)(C(=O)Cl)c1ccccc1. The Hall–Kier alpha value is -1.98. The number of ether oxygens (including phenoxy) is 2. The fraction of sp³-hybridized carbons (Fsp3) is 0.222. The van der Waals surface area contributed by atoms with Gasteiger partial charge in [0.1, 0.15) is 5.75 Å². The molecule has 0 bridgehead atoms. The molecule has 0 amide bonds. The highest BCUT2D eigenvalue weighted by molar-refractivity contribution is 7.99. The topological polar surface area (TPSA) is 52.6 Å². The lowest BCUT2D eigenvalue weighted by molar-refractivity contribution is -0.149. The summed E-state index contributed by atoms with van der Waals surface area (Å²) in [5, 5.41) is -0.768. The number of benzene rings is 2. The van der Waals surface area contributed by atoms with Gasteiger partial charge in [0.25, 0.3) is 0 Å². The standard InChI is InChI=1S/C18H17ClO4S/c1-22-14-9-6-10-15(11-14)24-12-18(16(19)20,17(21)23-2)13-7-4-3-5-8-13/h3-11H,12H2,1-2H3. The van der Waals surface area contributed by atoms with Gasteiger partial charge in [-0.1, -0.05) is 36.4 Å². The number of methoxy groups -OCH3 is 2. The molecule has 0 N–H and O–H groups in total. The Morgan fingerprint density at radius 2 is 1.79 bits per heavy atom. The average molecular weight is 365 g/mol. The number of hydrogen-bond donors (Lipinski definition) is 0. The Morgan fingerprint density at radius 1 is 1.08 bits per heavy atom. The Kier molecular flexibility index (Phi) is 6.29. The maximum atomic E-state index is 12.5. The van der Waals surface area contributed by atoms with Crippen LogP contribution in [0.4, 0.5) is 0 Å².